The Morgan fingerprint density at radius 1 is 1.18 bits per heavy atom. The van der Waals surface area contributed by atoms with Gasteiger partial charge >= 0.3 is 0 Å². The Balaban J connectivity index is 3.02. The van der Waals surface area contributed by atoms with Gasteiger partial charge in [0.15, 0.2) is 6.79 Å². The predicted octanol–water partition coefficient (Wildman–Crippen LogP) is 2.12. The second kappa shape index (κ2) is 5.52. The maximum Gasteiger partial charge on any atom is 0.180 e. The van der Waals surface area contributed by atoms with Crippen molar-refractivity contribution in [3.05, 3.63) is 0 Å². The summed E-state index contributed by atoms with van der Waals surface area (Å²) in [6.07, 6.45) is 0.999. The van der Waals surface area contributed by atoms with Crippen LogP contribution in [0.15, 0.2) is 0 Å². The van der Waals surface area contributed by atoms with E-state index in [0.717, 1.165) is 6.42 Å². The third-order valence-corrected chi connectivity index (χ3v) is 0.789. The van der Waals surface area contributed by atoms with Crippen molar-refractivity contribution in [2.45, 2.75) is 39.7 Å². The predicted molar refractivity (Wildman–Crippen MR) is 43.0 cm³/mol. The van der Waals surface area contributed by atoms with E-state index in [9.17, 15) is 0 Å². The molecule has 3 nitrogen and oxygen atoms in total. The minimum atomic E-state index is -0.254. The Morgan fingerprint density at radius 2 is 1.82 bits per heavy atom. The van der Waals surface area contributed by atoms with E-state index in [2.05, 4.69) is 0 Å². The molecule has 0 rings (SSSR count). The molecule has 0 saturated carbocycles. The van der Waals surface area contributed by atoms with E-state index in [0.29, 0.717) is 6.61 Å². The molecule has 0 radical (unpaired) electrons. The summed E-state index contributed by atoms with van der Waals surface area (Å²) < 4.78 is 5.03. The zero-order chi connectivity index (χ0) is 8.74. The number of ether oxygens (including phenoxy) is 1. The number of hydrogen-bond acceptors (Lipinski definition) is 3. The van der Waals surface area contributed by atoms with E-state index in [4.69, 9.17) is 14.5 Å². The molecule has 0 atom stereocenters. The molecule has 0 heterocycles. The monoisotopic (exact) mass is 162 g/mol. The van der Waals surface area contributed by atoms with Crippen LogP contribution in [0.2, 0.25) is 0 Å². The van der Waals surface area contributed by atoms with E-state index in [1.54, 1.807) is 0 Å². The van der Waals surface area contributed by atoms with Crippen LogP contribution >= 0.6 is 0 Å². The molecule has 0 spiro atoms. The molecule has 0 aliphatic heterocycles. The molecule has 0 N–H and O–H groups in total. The Morgan fingerprint density at radius 3 is 2.27 bits per heavy atom. The maximum absolute atomic E-state index is 5.03. The largest absolute Gasteiger partial charge is 0.352 e. The SMILES string of the molecule is CCCOCOOC(C)(C)C. The number of hydrogen-bond donors (Lipinski definition) is 0. The van der Waals surface area contributed by atoms with Gasteiger partial charge in [0.1, 0.15) is 0 Å². The summed E-state index contributed by atoms with van der Waals surface area (Å²) in [4.78, 5) is 9.73. The Labute approximate surface area is 68.6 Å². The van der Waals surface area contributed by atoms with Crippen LogP contribution in [0.25, 0.3) is 0 Å². The van der Waals surface area contributed by atoms with Crippen molar-refractivity contribution in [1.29, 1.82) is 0 Å². The quantitative estimate of drug-likeness (QED) is 0.268. The summed E-state index contributed by atoms with van der Waals surface area (Å²) >= 11 is 0. The van der Waals surface area contributed by atoms with E-state index >= 15 is 0 Å². The molecule has 0 aromatic carbocycles. The minimum absolute atomic E-state index is 0.213. The van der Waals surface area contributed by atoms with Crippen molar-refractivity contribution in [3.63, 3.8) is 0 Å². The molecule has 0 amide bonds. The third-order valence-electron chi connectivity index (χ3n) is 0.789. The fourth-order valence-electron chi connectivity index (χ4n) is 0.438. The lowest BCUT2D eigenvalue weighted by Crippen LogP contribution is -2.20. The standard InChI is InChI=1S/C8H18O3/c1-5-6-9-7-10-11-8(2,3)4/h5-7H2,1-4H3. The first-order chi connectivity index (χ1) is 5.06. The van der Waals surface area contributed by atoms with Gasteiger partial charge < -0.3 is 4.74 Å². The summed E-state index contributed by atoms with van der Waals surface area (Å²) in [7, 11) is 0. The first-order valence-electron chi connectivity index (χ1n) is 3.94. The van der Waals surface area contributed by atoms with E-state index < -0.39 is 0 Å². The van der Waals surface area contributed by atoms with Gasteiger partial charge in [0.25, 0.3) is 0 Å². The first kappa shape index (κ1) is 10.9. The second-order valence-corrected chi connectivity index (χ2v) is 3.34. The smallest absolute Gasteiger partial charge is 0.180 e. The zero-order valence-corrected chi connectivity index (χ0v) is 7.85. The minimum Gasteiger partial charge on any atom is -0.352 e. The van der Waals surface area contributed by atoms with Crippen LogP contribution < -0.4 is 0 Å². The summed E-state index contributed by atoms with van der Waals surface area (Å²) in [6, 6.07) is 0. The third kappa shape index (κ3) is 9.88. The van der Waals surface area contributed by atoms with Gasteiger partial charge in [0.2, 0.25) is 0 Å². The average molecular weight is 162 g/mol. The summed E-state index contributed by atoms with van der Waals surface area (Å²) in [5.74, 6) is 0. The maximum atomic E-state index is 5.03. The molecule has 0 aliphatic carbocycles. The normalized spacial score (nSPS) is 12.0. The molecular formula is C8H18O3. The van der Waals surface area contributed by atoms with Crippen LogP contribution in [-0.2, 0) is 14.5 Å². The zero-order valence-electron chi connectivity index (χ0n) is 7.85. The van der Waals surface area contributed by atoms with Crippen LogP contribution in [0.4, 0.5) is 0 Å². The average Bonchev–Trinajstić information content (AvgIpc) is 1.85. The summed E-state index contributed by atoms with van der Waals surface area (Å²) in [6.45, 7) is 8.75. The van der Waals surface area contributed by atoms with Crippen LogP contribution in [0.5, 0.6) is 0 Å². The molecule has 11 heavy (non-hydrogen) atoms. The molecule has 0 bridgehead atoms. The van der Waals surface area contributed by atoms with E-state index in [1.165, 1.54) is 0 Å². The molecule has 0 fully saturated rings. The highest BCUT2D eigenvalue weighted by atomic mass is 17.2. The fourth-order valence-corrected chi connectivity index (χ4v) is 0.438. The molecule has 68 valence electrons. The van der Waals surface area contributed by atoms with Crippen LogP contribution in [-0.4, -0.2) is 19.0 Å². The van der Waals surface area contributed by atoms with Gasteiger partial charge in [-0.1, -0.05) is 6.92 Å². The van der Waals surface area contributed by atoms with Crippen molar-refractivity contribution in [3.8, 4) is 0 Å². The Kier molecular flexibility index (Phi) is 5.46. The van der Waals surface area contributed by atoms with Crippen LogP contribution in [0.3, 0.4) is 0 Å². The van der Waals surface area contributed by atoms with Crippen molar-refractivity contribution in [2.75, 3.05) is 13.4 Å². The highest BCUT2D eigenvalue weighted by molar-refractivity contribution is 4.54. The Bertz CT molecular complexity index is 85.8. The van der Waals surface area contributed by atoms with Crippen molar-refractivity contribution in [2.24, 2.45) is 0 Å². The number of rotatable bonds is 5. The lowest BCUT2D eigenvalue weighted by molar-refractivity contribution is -0.380. The molecule has 0 aromatic rings. The van der Waals surface area contributed by atoms with Gasteiger partial charge in [-0.25, -0.2) is 9.78 Å². The van der Waals surface area contributed by atoms with Gasteiger partial charge in [-0.15, -0.1) is 0 Å². The highest BCUT2D eigenvalue weighted by Crippen LogP contribution is 2.06. The Hall–Kier alpha value is -0.120. The lowest BCUT2D eigenvalue weighted by atomic mass is 10.2. The van der Waals surface area contributed by atoms with Gasteiger partial charge in [-0.05, 0) is 27.2 Å². The van der Waals surface area contributed by atoms with Gasteiger partial charge in [0, 0.05) is 6.61 Å². The van der Waals surface area contributed by atoms with Crippen molar-refractivity contribution in [1.82, 2.24) is 0 Å². The first-order valence-corrected chi connectivity index (χ1v) is 3.94. The fraction of sp³-hybridized carbons (Fsp3) is 1.00. The topological polar surface area (TPSA) is 27.7 Å². The molecule has 0 unspecified atom stereocenters. The lowest BCUT2D eigenvalue weighted by Gasteiger charge is -2.17. The highest BCUT2D eigenvalue weighted by Gasteiger charge is 2.10. The molecule has 0 aromatic heterocycles. The molecule has 3 heteroatoms. The van der Waals surface area contributed by atoms with Crippen LogP contribution in [0.1, 0.15) is 34.1 Å². The molecular weight excluding hydrogens is 144 g/mol. The van der Waals surface area contributed by atoms with E-state index in [-0.39, 0.29) is 12.4 Å². The van der Waals surface area contributed by atoms with E-state index in [1.807, 2.05) is 27.7 Å². The molecule has 0 aliphatic rings. The van der Waals surface area contributed by atoms with Crippen molar-refractivity contribution < 1.29 is 14.5 Å². The van der Waals surface area contributed by atoms with Crippen LogP contribution in [0, 0.1) is 0 Å². The second-order valence-electron chi connectivity index (χ2n) is 3.34. The molecule has 0 saturated heterocycles. The summed E-state index contributed by atoms with van der Waals surface area (Å²) in [5.41, 5.74) is -0.254. The van der Waals surface area contributed by atoms with Gasteiger partial charge in [-0.2, -0.15) is 0 Å². The van der Waals surface area contributed by atoms with Gasteiger partial charge in [0.05, 0.1) is 5.60 Å². The summed E-state index contributed by atoms with van der Waals surface area (Å²) in [5, 5.41) is 0. The van der Waals surface area contributed by atoms with Crippen molar-refractivity contribution >= 4 is 0 Å². The van der Waals surface area contributed by atoms with Gasteiger partial charge in [-0.3, -0.25) is 0 Å².